The Morgan fingerprint density at radius 1 is 1.40 bits per heavy atom. The molecule has 0 fully saturated rings. The van der Waals surface area contributed by atoms with E-state index < -0.39 is 0 Å². The van der Waals surface area contributed by atoms with Gasteiger partial charge in [-0.05, 0) is 23.8 Å². The number of rotatable bonds is 3. The Hall–Kier alpha value is -0.390. The number of ether oxygens (including phenoxy) is 1. The van der Waals surface area contributed by atoms with Crippen molar-refractivity contribution in [3.63, 3.8) is 0 Å². The van der Waals surface area contributed by atoms with E-state index >= 15 is 0 Å². The van der Waals surface area contributed by atoms with Gasteiger partial charge in [-0.3, -0.25) is 4.79 Å². The molecule has 0 aliphatic carbocycles. The summed E-state index contributed by atoms with van der Waals surface area (Å²) in [5, 5.41) is 0. The number of benzene rings is 1. The third kappa shape index (κ3) is 3.93. The molecule has 1 aromatic rings. The molecular weight excluding hydrogens is 326 g/mol. The molecule has 0 amide bonds. The van der Waals surface area contributed by atoms with Crippen LogP contribution in [0, 0.1) is 0 Å². The van der Waals surface area contributed by atoms with Gasteiger partial charge in [0.05, 0.1) is 13.5 Å². The smallest absolute Gasteiger partial charge is 0.307 e. The van der Waals surface area contributed by atoms with Crippen molar-refractivity contribution in [3.05, 3.63) is 32.7 Å². The lowest BCUT2D eigenvalue weighted by atomic mass is 10.1. The molecule has 82 valence electrons. The normalized spacial score (nSPS) is 12.3. The van der Waals surface area contributed by atoms with Gasteiger partial charge in [0.15, 0.2) is 0 Å². The fourth-order valence-corrected chi connectivity index (χ4v) is 2.50. The van der Waals surface area contributed by atoms with Crippen LogP contribution in [-0.2, 0) is 9.53 Å². The number of hydrogen-bond acceptors (Lipinski definition) is 3. The van der Waals surface area contributed by atoms with Crippen molar-refractivity contribution >= 4 is 37.8 Å². The molecule has 2 N–H and O–H groups in total. The van der Waals surface area contributed by atoms with Crippen LogP contribution in [0.2, 0.25) is 0 Å². The highest BCUT2D eigenvalue weighted by Gasteiger charge is 2.12. The molecule has 1 atom stereocenters. The zero-order valence-electron chi connectivity index (χ0n) is 8.17. The SMILES string of the molecule is COC(=O)C[C@H](N)c1cc(Br)cc(Br)c1. The third-order valence-corrected chi connectivity index (χ3v) is 2.84. The largest absolute Gasteiger partial charge is 0.469 e. The summed E-state index contributed by atoms with van der Waals surface area (Å²) >= 11 is 6.73. The van der Waals surface area contributed by atoms with Crippen LogP contribution in [0.25, 0.3) is 0 Å². The Morgan fingerprint density at radius 3 is 2.40 bits per heavy atom. The zero-order valence-corrected chi connectivity index (χ0v) is 11.3. The van der Waals surface area contributed by atoms with Gasteiger partial charge in [0.25, 0.3) is 0 Å². The lowest BCUT2D eigenvalue weighted by molar-refractivity contribution is -0.141. The van der Waals surface area contributed by atoms with Gasteiger partial charge in [0.1, 0.15) is 0 Å². The van der Waals surface area contributed by atoms with Crippen molar-refractivity contribution in [2.45, 2.75) is 12.5 Å². The molecule has 0 aliphatic heterocycles. The Labute approximate surface area is 105 Å². The van der Waals surface area contributed by atoms with Gasteiger partial charge >= 0.3 is 5.97 Å². The first-order valence-corrected chi connectivity index (χ1v) is 5.90. The molecule has 0 saturated carbocycles. The van der Waals surface area contributed by atoms with E-state index in [9.17, 15) is 4.79 Å². The molecule has 0 aliphatic rings. The molecule has 5 heteroatoms. The van der Waals surface area contributed by atoms with E-state index in [-0.39, 0.29) is 18.4 Å². The summed E-state index contributed by atoms with van der Waals surface area (Å²) in [6.45, 7) is 0. The maximum Gasteiger partial charge on any atom is 0.307 e. The predicted molar refractivity (Wildman–Crippen MR) is 65.4 cm³/mol. The maximum absolute atomic E-state index is 11.0. The molecule has 0 spiro atoms. The summed E-state index contributed by atoms with van der Waals surface area (Å²) in [5.41, 5.74) is 6.76. The van der Waals surface area contributed by atoms with E-state index in [4.69, 9.17) is 5.73 Å². The van der Waals surface area contributed by atoms with Gasteiger partial charge in [-0.25, -0.2) is 0 Å². The van der Waals surface area contributed by atoms with Gasteiger partial charge < -0.3 is 10.5 Å². The summed E-state index contributed by atoms with van der Waals surface area (Å²) in [4.78, 5) is 11.0. The van der Waals surface area contributed by atoms with E-state index in [1.165, 1.54) is 7.11 Å². The second kappa shape index (κ2) is 5.63. The highest BCUT2D eigenvalue weighted by molar-refractivity contribution is 9.11. The van der Waals surface area contributed by atoms with Gasteiger partial charge in [-0.1, -0.05) is 31.9 Å². The van der Waals surface area contributed by atoms with Crippen molar-refractivity contribution in [2.24, 2.45) is 5.73 Å². The number of nitrogens with two attached hydrogens (primary N) is 1. The van der Waals surface area contributed by atoms with Crippen LogP contribution in [0.5, 0.6) is 0 Å². The lowest BCUT2D eigenvalue weighted by Gasteiger charge is -2.11. The molecule has 0 heterocycles. The highest BCUT2D eigenvalue weighted by Crippen LogP contribution is 2.24. The van der Waals surface area contributed by atoms with Crippen LogP contribution < -0.4 is 5.73 Å². The topological polar surface area (TPSA) is 52.3 Å². The number of halogens is 2. The van der Waals surface area contributed by atoms with Crippen molar-refractivity contribution in [2.75, 3.05) is 7.11 Å². The quantitative estimate of drug-likeness (QED) is 0.863. The first-order chi connectivity index (χ1) is 7.02. The average Bonchev–Trinajstić information content (AvgIpc) is 2.16. The Bertz CT molecular complexity index is 348. The zero-order chi connectivity index (χ0) is 11.4. The summed E-state index contributed by atoms with van der Waals surface area (Å²) in [7, 11) is 1.35. The van der Waals surface area contributed by atoms with Crippen LogP contribution in [0.4, 0.5) is 0 Å². The van der Waals surface area contributed by atoms with E-state index in [2.05, 4.69) is 36.6 Å². The molecule has 15 heavy (non-hydrogen) atoms. The van der Waals surface area contributed by atoms with Crippen LogP contribution in [0.3, 0.4) is 0 Å². The number of esters is 1. The summed E-state index contributed by atoms with van der Waals surface area (Å²) < 4.78 is 6.41. The van der Waals surface area contributed by atoms with E-state index in [0.717, 1.165) is 14.5 Å². The van der Waals surface area contributed by atoms with E-state index in [1.54, 1.807) is 0 Å². The Balaban J connectivity index is 2.81. The minimum absolute atomic E-state index is 0.180. The number of hydrogen-bond donors (Lipinski definition) is 1. The van der Waals surface area contributed by atoms with Crippen molar-refractivity contribution < 1.29 is 9.53 Å². The second-order valence-electron chi connectivity index (χ2n) is 3.09. The van der Waals surface area contributed by atoms with Crippen molar-refractivity contribution in [1.82, 2.24) is 0 Å². The number of methoxy groups -OCH3 is 1. The van der Waals surface area contributed by atoms with Gasteiger partial charge in [0, 0.05) is 15.0 Å². The number of carbonyl (C=O) groups excluding carboxylic acids is 1. The van der Waals surface area contributed by atoms with Gasteiger partial charge in [0.2, 0.25) is 0 Å². The first kappa shape index (κ1) is 12.7. The van der Waals surface area contributed by atoms with Crippen LogP contribution in [-0.4, -0.2) is 13.1 Å². The van der Waals surface area contributed by atoms with Crippen LogP contribution in [0.15, 0.2) is 27.1 Å². The molecule has 1 aromatic carbocycles. The van der Waals surface area contributed by atoms with Crippen LogP contribution >= 0.6 is 31.9 Å². The van der Waals surface area contributed by atoms with E-state index in [1.807, 2.05) is 18.2 Å². The monoisotopic (exact) mass is 335 g/mol. The Kier molecular flexibility index (Phi) is 4.76. The summed E-state index contributed by atoms with van der Waals surface area (Å²) in [5.74, 6) is -0.307. The minimum Gasteiger partial charge on any atom is -0.469 e. The fraction of sp³-hybridized carbons (Fsp3) is 0.300. The molecule has 0 saturated heterocycles. The van der Waals surface area contributed by atoms with Crippen molar-refractivity contribution in [3.8, 4) is 0 Å². The van der Waals surface area contributed by atoms with Gasteiger partial charge in [-0.2, -0.15) is 0 Å². The van der Waals surface area contributed by atoms with Crippen LogP contribution in [0.1, 0.15) is 18.0 Å². The summed E-state index contributed by atoms with van der Waals surface area (Å²) in [6, 6.07) is 5.34. The lowest BCUT2D eigenvalue weighted by Crippen LogP contribution is -2.16. The number of carbonyl (C=O) groups is 1. The standard InChI is InChI=1S/C10H11Br2NO2/c1-15-10(14)5-9(13)6-2-7(11)4-8(12)3-6/h2-4,9H,5,13H2,1H3/t9-/m0/s1. The van der Waals surface area contributed by atoms with Gasteiger partial charge in [-0.15, -0.1) is 0 Å². The van der Waals surface area contributed by atoms with E-state index in [0.29, 0.717) is 0 Å². The Morgan fingerprint density at radius 2 is 1.93 bits per heavy atom. The molecule has 0 unspecified atom stereocenters. The maximum atomic E-state index is 11.0. The fourth-order valence-electron chi connectivity index (χ4n) is 1.17. The first-order valence-electron chi connectivity index (χ1n) is 4.31. The van der Waals surface area contributed by atoms with Crippen molar-refractivity contribution in [1.29, 1.82) is 0 Å². The second-order valence-corrected chi connectivity index (χ2v) is 4.92. The third-order valence-electron chi connectivity index (χ3n) is 1.93. The highest BCUT2D eigenvalue weighted by atomic mass is 79.9. The average molecular weight is 337 g/mol. The molecule has 1 rings (SSSR count). The molecular formula is C10H11Br2NO2. The predicted octanol–water partition coefficient (Wildman–Crippen LogP) is 2.77. The summed E-state index contributed by atoms with van der Waals surface area (Å²) in [6.07, 6.45) is 0.180. The molecule has 0 bridgehead atoms. The molecule has 0 aromatic heterocycles. The minimum atomic E-state index is -0.341. The molecule has 0 radical (unpaired) electrons. The molecule has 3 nitrogen and oxygen atoms in total.